The number of thioether (sulfide) groups is 1. The van der Waals surface area contributed by atoms with Gasteiger partial charge >= 0.3 is 5.97 Å². The fourth-order valence-corrected chi connectivity index (χ4v) is 2.76. The maximum atomic E-state index is 11.3. The summed E-state index contributed by atoms with van der Waals surface area (Å²) in [6, 6.07) is 7.81. The van der Waals surface area contributed by atoms with Crippen molar-refractivity contribution in [2.45, 2.75) is 21.9 Å². The third kappa shape index (κ3) is 3.27. The molecule has 19 heavy (non-hydrogen) atoms. The maximum Gasteiger partial charge on any atom is 0.355 e. The van der Waals surface area contributed by atoms with Crippen LogP contribution >= 0.6 is 23.5 Å². The number of aromatic nitrogens is 2. The Morgan fingerprint density at radius 1 is 1.26 bits per heavy atom. The summed E-state index contributed by atoms with van der Waals surface area (Å²) in [7, 11) is 0. The highest BCUT2D eigenvalue weighted by Crippen LogP contribution is 2.32. The van der Waals surface area contributed by atoms with Gasteiger partial charge in [0.25, 0.3) is 0 Å². The van der Waals surface area contributed by atoms with Crippen molar-refractivity contribution in [1.29, 1.82) is 0 Å². The van der Waals surface area contributed by atoms with Gasteiger partial charge in [-0.25, -0.2) is 14.8 Å². The number of hydrogen-bond acceptors (Lipinski definition) is 5. The summed E-state index contributed by atoms with van der Waals surface area (Å²) in [6.07, 6.45) is 3.38. The lowest BCUT2D eigenvalue weighted by atomic mass is 10.2. The molecule has 0 aliphatic rings. The molecule has 1 aromatic heterocycles. The van der Waals surface area contributed by atoms with Crippen LogP contribution in [0.2, 0.25) is 0 Å². The topological polar surface area (TPSA) is 63.1 Å². The molecule has 0 radical (unpaired) electrons. The van der Waals surface area contributed by atoms with Gasteiger partial charge in [-0.3, -0.25) is 0 Å². The number of nitrogens with zero attached hydrogens (tertiary/aromatic N) is 2. The van der Waals surface area contributed by atoms with E-state index >= 15 is 0 Å². The average molecular weight is 292 g/mol. The van der Waals surface area contributed by atoms with Gasteiger partial charge in [0.2, 0.25) is 0 Å². The Labute approximate surface area is 119 Å². The summed E-state index contributed by atoms with van der Waals surface area (Å²) >= 11 is 2.70. The number of benzene rings is 1. The monoisotopic (exact) mass is 292 g/mol. The van der Waals surface area contributed by atoms with Crippen molar-refractivity contribution < 1.29 is 9.90 Å². The van der Waals surface area contributed by atoms with Crippen molar-refractivity contribution in [3.05, 3.63) is 41.7 Å². The minimum atomic E-state index is -1.03. The molecule has 4 nitrogen and oxygen atoms in total. The second-order valence-corrected chi connectivity index (χ2v) is 5.60. The molecular formula is C13H12N2O2S2. The Kier molecular flexibility index (Phi) is 4.44. The van der Waals surface area contributed by atoms with Crippen LogP contribution in [0.4, 0.5) is 0 Å². The summed E-state index contributed by atoms with van der Waals surface area (Å²) in [6.45, 7) is 1.99. The highest BCUT2D eigenvalue weighted by Gasteiger charge is 2.15. The minimum absolute atomic E-state index is 0.0487. The molecule has 0 saturated carbocycles. The molecule has 2 aromatic rings. The van der Waals surface area contributed by atoms with Crippen LogP contribution in [0.1, 0.15) is 16.1 Å². The lowest BCUT2D eigenvalue weighted by Crippen LogP contribution is -2.05. The first-order valence-electron chi connectivity index (χ1n) is 5.49. The van der Waals surface area contributed by atoms with Crippen LogP contribution in [0.3, 0.4) is 0 Å². The average Bonchev–Trinajstić information content (AvgIpc) is 2.41. The zero-order valence-electron chi connectivity index (χ0n) is 10.5. The van der Waals surface area contributed by atoms with Crippen LogP contribution in [-0.4, -0.2) is 27.3 Å². The summed E-state index contributed by atoms with van der Waals surface area (Å²) in [5, 5.41) is 9.68. The van der Waals surface area contributed by atoms with Gasteiger partial charge in [-0.15, -0.1) is 0 Å². The normalized spacial score (nSPS) is 10.4. The summed E-state index contributed by atoms with van der Waals surface area (Å²) in [4.78, 5) is 21.0. The third-order valence-corrected chi connectivity index (χ3v) is 4.19. The lowest BCUT2D eigenvalue weighted by molar-refractivity contribution is 0.0685. The second kappa shape index (κ2) is 6.08. The van der Waals surface area contributed by atoms with Gasteiger partial charge in [0.05, 0.1) is 4.90 Å². The zero-order valence-corrected chi connectivity index (χ0v) is 12.1. The summed E-state index contributed by atoms with van der Waals surface area (Å²) < 4.78 is 0. The molecule has 0 unspecified atom stereocenters. The Morgan fingerprint density at radius 2 is 2.00 bits per heavy atom. The number of aryl methyl sites for hydroxylation is 1. The number of carbonyl (C=O) groups is 1. The van der Waals surface area contributed by atoms with E-state index in [1.807, 2.05) is 37.4 Å². The highest BCUT2D eigenvalue weighted by molar-refractivity contribution is 7.99. The Bertz CT molecular complexity index is 617. The van der Waals surface area contributed by atoms with Gasteiger partial charge < -0.3 is 5.11 Å². The first-order valence-corrected chi connectivity index (χ1v) is 7.53. The number of carboxylic acids is 1. The van der Waals surface area contributed by atoms with E-state index in [4.69, 9.17) is 0 Å². The second-order valence-electron chi connectivity index (χ2n) is 3.74. The molecule has 0 amide bonds. The standard InChI is InChI=1S/C13H12N2O2S2/c1-8-5-3-4-6-9(8)19-10-7-14-13(18-2)15-11(10)12(16)17/h3-7H,1-2H3,(H,16,17). The molecule has 1 heterocycles. The van der Waals surface area contributed by atoms with Gasteiger partial charge in [0.15, 0.2) is 10.9 Å². The molecule has 1 aromatic carbocycles. The van der Waals surface area contributed by atoms with Gasteiger partial charge in [-0.2, -0.15) is 0 Å². The van der Waals surface area contributed by atoms with E-state index in [1.54, 1.807) is 6.20 Å². The van der Waals surface area contributed by atoms with Crippen molar-refractivity contribution in [3.8, 4) is 0 Å². The molecule has 0 spiro atoms. The molecular weight excluding hydrogens is 280 g/mol. The van der Waals surface area contributed by atoms with Crippen molar-refractivity contribution in [2.24, 2.45) is 0 Å². The zero-order chi connectivity index (χ0) is 13.8. The van der Waals surface area contributed by atoms with E-state index in [0.29, 0.717) is 10.1 Å². The quantitative estimate of drug-likeness (QED) is 0.688. The first kappa shape index (κ1) is 13.9. The molecule has 0 aliphatic heterocycles. The number of rotatable bonds is 4. The fraction of sp³-hybridized carbons (Fsp3) is 0.154. The molecule has 0 atom stereocenters. The van der Waals surface area contributed by atoms with Crippen LogP contribution in [-0.2, 0) is 0 Å². The van der Waals surface area contributed by atoms with Gasteiger partial charge in [0, 0.05) is 11.1 Å². The van der Waals surface area contributed by atoms with Crippen molar-refractivity contribution >= 4 is 29.5 Å². The van der Waals surface area contributed by atoms with Crippen molar-refractivity contribution in [1.82, 2.24) is 9.97 Å². The number of aromatic carboxylic acids is 1. The van der Waals surface area contributed by atoms with Gasteiger partial charge in [-0.05, 0) is 24.8 Å². The summed E-state index contributed by atoms with van der Waals surface area (Å²) in [5.41, 5.74) is 1.14. The predicted molar refractivity (Wildman–Crippen MR) is 76.1 cm³/mol. The van der Waals surface area contributed by atoms with Crippen LogP contribution in [0.25, 0.3) is 0 Å². The molecule has 0 aliphatic carbocycles. The van der Waals surface area contributed by atoms with Crippen LogP contribution < -0.4 is 0 Å². The largest absolute Gasteiger partial charge is 0.476 e. The SMILES string of the molecule is CSc1ncc(Sc2ccccc2C)c(C(=O)O)n1. The van der Waals surface area contributed by atoms with E-state index in [9.17, 15) is 9.90 Å². The molecule has 2 rings (SSSR count). The van der Waals surface area contributed by atoms with E-state index in [0.717, 1.165) is 10.5 Å². The van der Waals surface area contributed by atoms with Crippen molar-refractivity contribution in [2.75, 3.05) is 6.26 Å². The molecule has 1 N–H and O–H groups in total. The highest BCUT2D eigenvalue weighted by atomic mass is 32.2. The first-order chi connectivity index (χ1) is 9.11. The molecule has 0 saturated heterocycles. The maximum absolute atomic E-state index is 11.3. The van der Waals surface area contributed by atoms with Crippen LogP contribution in [0.15, 0.2) is 45.4 Å². The molecule has 98 valence electrons. The van der Waals surface area contributed by atoms with E-state index in [2.05, 4.69) is 9.97 Å². The Hall–Kier alpha value is -1.53. The lowest BCUT2D eigenvalue weighted by Gasteiger charge is -2.07. The van der Waals surface area contributed by atoms with Gasteiger partial charge in [-0.1, -0.05) is 41.7 Å². The smallest absolute Gasteiger partial charge is 0.355 e. The Morgan fingerprint density at radius 3 is 2.63 bits per heavy atom. The van der Waals surface area contributed by atoms with Crippen molar-refractivity contribution in [3.63, 3.8) is 0 Å². The molecule has 6 heteroatoms. The van der Waals surface area contributed by atoms with E-state index in [-0.39, 0.29) is 5.69 Å². The fourth-order valence-electron chi connectivity index (χ4n) is 1.47. The molecule has 0 fully saturated rings. The van der Waals surface area contributed by atoms with Gasteiger partial charge in [0.1, 0.15) is 0 Å². The predicted octanol–water partition coefficient (Wildman–Crippen LogP) is 3.36. The van der Waals surface area contributed by atoms with Crippen LogP contribution in [0, 0.1) is 6.92 Å². The van der Waals surface area contributed by atoms with E-state index < -0.39 is 5.97 Å². The number of hydrogen-bond donors (Lipinski definition) is 1. The summed E-state index contributed by atoms with van der Waals surface area (Å²) in [5.74, 6) is -1.03. The Balaban J connectivity index is 2.40. The number of carboxylic acid groups (broad SMARTS) is 1. The molecule has 0 bridgehead atoms. The minimum Gasteiger partial charge on any atom is -0.476 e. The third-order valence-electron chi connectivity index (χ3n) is 2.43. The van der Waals surface area contributed by atoms with E-state index in [1.165, 1.54) is 23.5 Å². The van der Waals surface area contributed by atoms with Crippen LogP contribution in [0.5, 0.6) is 0 Å².